The van der Waals surface area contributed by atoms with Gasteiger partial charge in [-0.25, -0.2) is 0 Å². The Morgan fingerprint density at radius 3 is 2.32 bits per heavy atom. The van der Waals surface area contributed by atoms with Gasteiger partial charge in [0.15, 0.2) is 0 Å². The van der Waals surface area contributed by atoms with Crippen LogP contribution in [0, 0.1) is 0 Å². The number of methoxy groups -OCH3 is 1. The van der Waals surface area contributed by atoms with Gasteiger partial charge in [-0.15, -0.1) is 0 Å². The molecule has 0 aliphatic carbocycles. The number of carbonyl (C=O) groups excluding carboxylic acids is 1. The smallest absolute Gasteiger partial charge is 0.494 e. The van der Waals surface area contributed by atoms with Gasteiger partial charge in [0.2, 0.25) is 0 Å². The van der Waals surface area contributed by atoms with Crippen LogP contribution in [0.3, 0.4) is 0 Å². The van der Waals surface area contributed by atoms with Crippen molar-refractivity contribution in [3.8, 4) is 5.75 Å². The van der Waals surface area contributed by atoms with Gasteiger partial charge in [0.25, 0.3) is 5.91 Å². The summed E-state index contributed by atoms with van der Waals surface area (Å²) in [4.78, 5) is 15.1. The van der Waals surface area contributed by atoms with Crippen LogP contribution in [0.4, 0.5) is 0 Å². The lowest BCUT2D eigenvalue weighted by Crippen LogP contribution is -2.43. The van der Waals surface area contributed by atoms with Crippen molar-refractivity contribution < 1.29 is 23.6 Å². The van der Waals surface area contributed by atoms with E-state index in [4.69, 9.17) is 18.8 Å². The van der Waals surface area contributed by atoms with Gasteiger partial charge in [0.1, 0.15) is 12.5 Å². The number of benzene rings is 1. The Morgan fingerprint density at radius 1 is 1.16 bits per heavy atom. The fourth-order valence-electron chi connectivity index (χ4n) is 3.89. The summed E-state index contributed by atoms with van der Waals surface area (Å²) in [5.41, 5.74) is 1.63. The van der Waals surface area contributed by atoms with E-state index >= 15 is 0 Å². The van der Waals surface area contributed by atoms with Gasteiger partial charge in [-0.1, -0.05) is 32.6 Å². The zero-order valence-corrected chi connectivity index (χ0v) is 21.6. The normalized spacial score (nSPS) is 22.6. The maximum Gasteiger partial charge on any atom is 0.494 e. The fraction of sp³-hybridized carbons (Fsp3) is 0.696. The van der Waals surface area contributed by atoms with Crippen LogP contribution in [0.15, 0.2) is 12.1 Å². The summed E-state index contributed by atoms with van der Waals surface area (Å²) in [5, 5.41) is 0. The molecule has 1 aromatic rings. The monoisotopic (exact) mass is 447 g/mol. The molecule has 2 heterocycles. The number of fused-ring (bicyclic) bond motifs is 1. The highest BCUT2D eigenvalue weighted by Gasteiger charge is 2.52. The minimum absolute atomic E-state index is 0.0431. The highest BCUT2D eigenvalue weighted by Crippen LogP contribution is 2.38. The summed E-state index contributed by atoms with van der Waals surface area (Å²) in [6, 6.07) is 5.01. The minimum Gasteiger partial charge on any atom is -0.496 e. The average molecular weight is 447 g/mol. The predicted molar refractivity (Wildman–Crippen MR) is 127 cm³/mol. The van der Waals surface area contributed by atoms with Crippen molar-refractivity contribution in [2.24, 2.45) is 0 Å². The molecule has 3 rings (SSSR count). The maximum absolute atomic E-state index is 13.3. The molecule has 0 unspecified atom stereocenters. The highest BCUT2D eigenvalue weighted by atomic mass is 28.3. The van der Waals surface area contributed by atoms with E-state index < -0.39 is 26.4 Å². The van der Waals surface area contributed by atoms with E-state index in [2.05, 4.69) is 26.6 Å². The first kappa shape index (κ1) is 24.3. The molecule has 1 fully saturated rings. The Hall–Kier alpha value is -1.35. The Balaban J connectivity index is 1.82. The first-order valence-corrected chi connectivity index (χ1v) is 14.9. The van der Waals surface area contributed by atoms with E-state index in [0.29, 0.717) is 31.2 Å². The van der Waals surface area contributed by atoms with E-state index in [9.17, 15) is 4.79 Å². The third-order valence-corrected chi connectivity index (χ3v) is 8.37. The van der Waals surface area contributed by atoms with Gasteiger partial charge < -0.3 is 23.7 Å². The zero-order valence-electron chi connectivity index (χ0n) is 20.6. The van der Waals surface area contributed by atoms with Gasteiger partial charge in [-0.05, 0) is 56.7 Å². The summed E-state index contributed by atoms with van der Waals surface area (Å²) in [6.45, 7) is 18.9. The standard InChI is InChI=1S/C23H38BNO5Si/c1-16-14-25(15-28-10-11-31(7,8)9)21(26)20-18(16)12-17(13-19(20)27-6)24-29-22(2,3)23(4,5)30-24/h12-13,16H,10-11,14-15H2,1-9H3/t16-/m0/s1. The SMILES string of the molecule is COc1cc(B2OC(C)(C)C(C)(C)O2)cc2c1C(=O)N(COCC[Si](C)(C)C)C[C@@H]2C. The Bertz CT molecular complexity index is 820. The summed E-state index contributed by atoms with van der Waals surface area (Å²) >= 11 is 0. The maximum atomic E-state index is 13.3. The van der Waals surface area contributed by atoms with Crippen molar-refractivity contribution in [3.63, 3.8) is 0 Å². The number of nitrogens with zero attached hydrogens (tertiary/aromatic N) is 1. The van der Waals surface area contributed by atoms with Crippen molar-refractivity contribution in [2.45, 2.75) is 77.4 Å². The Kier molecular flexibility index (Phi) is 6.69. The molecule has 0 radical (unpaired) electrons. The molecule has 0 bridgehead atoms. The van der Waals surface area contributed by atoms with Crippen LogP contribution in [0.1, 0.15) is 56.5 Å². The minimum atomic E-state index is -1.16. The molecular weight excluding hydrogens is 409 g/mol. The van der Waals surface area contributed by atoms with Crippen LogP contribution >= 0.6 is 0 Å². The first-order valence-electron chi connectivity index (χ1n) is 11.2. The predicted octanol–water partition coefficient (Wildman–Crippen LogP) is 3.87. The number of ether oxygens (including phenoxy) is 2. The number of carbonyl (C=O) groups is 1. The summed E-state index contributed by atoms with van der Waals surface area (Å²) in [7, 11) is -0.0482. The van der Waals surface area contributed by atoms with Crippen LogP contribution < -0.4 is 10.2 Å². The second-order valence-corrected chi connectivity index (χ2v) is 16.7. The molecule has 1 amide bonds. The molecule has 31 heavy (non-hydrogen) atoms. The largest absolute Gasteiger partial charge is 0.496 e. The lowest BCUT2D eigenvalue weighted by Gasteiger charge is -2.34. The van der Waals surface area contributed by atoms with Crippen molar-refractivity contribution in [2.75, 3.05) is 27.0 Å². The topological polar surface area (TPSA) is 57.2 Å². The van der Waals surface area contributed by atoms with E-state index in [1.165, 1.54) is 0 Å². The van der Waals surface area contributed by atoms with Gasteiger partial charge in [0.05, 0.1) is 23.9 Å². The van der Waals surface area contributed by atoms with Crippen molar-refractivity contribution in [3.05, 3.63) is 23.3 Å². The lowest BCUT2D eigenvalue weighted by atomic mass is 9.75. The molecule has 1 aromatic carbocycles. The Morgan fingerprint density at radius 2 is 1.77 bits per heavy atom. The van der Waals surface area contributed by atoms with Crippen LogP contribution in [-0.2, 0) is 14.0 Å². The molecule has 0 spiro atoms. The van der Waals surface area contributed by atoms with E-state index in [1.54, 1.807) is 12.0 Å². The third kappa shape index (κ3) is 5.02. The van der Waals surface area contributed by atoms with Crippen LogP contribution in [0.5, 0.6) is 5.75 Å². The van der Waals surface area contributed by atoms with Gasteiger partial charge in [0, 0.05) is 21.2 Å². The molecule has 2 aliphatic heterocycles. The number of amides is 1. The molecule has 172 valence electrons. The molecule has 0 aromatic heterocycles. The lowest BCUT2D eigenvalue weighted by molar-refractivity contribution is 0.00578. The Labute approximate surface area is 188 Å². The van der Waals surface area contributed by atoms with Gasteiger partial charge >= 0.3 is 7.12 Å². The summed E-state index contributed by atoms with van der Waals surface area (Å²) < 4.78 is 24.0. The molecule has 0 saturated carbocycles. The molecule has 0 N–H and O–H groups in total. The van der Waals surface area contributed by atoms with Gasteiger partial charge in [-0.3, -0.25) is 4.79 Å². The third-order valence-electron chi connectivity index (χ3n) is 6.67. The van der Waals surface area contributed by atoms with E-state index in [1.807, 2.05) is 39.8 Å². The van der Waals surface area contributed by atoms with Gasteiger partial charge in [-0.2, -0.15) is 0 Å². The molecule has 2 aliphatic rings. The second-order valence-electron chi connectivity index (χ2n) is 11.1. The molecule has 6 nitrogen and oxygen atoms in total. The quantitative estimate of drug-likeness (QED) is 0.469. The average Bonchev–Trinajstić information content (AvgIpc) is 2.88. The molecular formula is C23H38BNO5Si. The van der Waals surface area contributed by atoms with E-state index in [0.717, 1.165) is 17.1 Å². The number of hydrogen-bond acceptors (Lipinski definition) is 5. The highest BCUT2D eigenvalue weighted by molar-refractivity contribution is 6.76. The van der Waals surface area contributed by atoms with E-state index in [-0.39, 0.29) is 11.8 Å². The molecule has 1 atom stereocenters. The van der Waals surface area contributed by atoms with Crippen LogP contribution in [0.2, 0.25) is 25.7 Å². The zero-order chi connectivity index (χ0) is 23.2. The fourth-order valence-corrected chi connectivity index (χ4v) is 4.64. The summed E-state index contributed by atoms with van der Waals surface area (Å²) in [5.74, 6) is 0.675. The second kappa shape index (κ2) is 8.54. The van der Waals surface area contributed by atoms with Crippen LogP contribution in [0.25, 0.3) is 0 Å². The molecule has 8 heteroatoms. The van der Waals surface area contributed by atoms with Crippen molar-refractivity contribution in [1.29, 1.82) is 0 Å². The number of rotatable bonds is 7. The van der Waals surface area contributed by atoms with Crippen molar-refractivity contribution in [1.82, 2.24) is 4.90 Å². The first-order chi connectivity index (χ1) is 14.3. The van der Waals surface area contributed by atoms with Crippen LogP contribution in [-0.4, -0.2) is 64.2 Å². The van der Waals surface area contributed by atoms with Crippen molar-refractivity contribution >= 4 is 26.6 Å². The molecule has 1 saturated heterocycles. The number of hydrogen-bond donors (Lipinski definition) is 0. The summed E-state index contributed by atoms with van der Waals surface area (Å²) in [6.07, 6.45) is 0.